The van der Waals surface area contributed by atoms with Gasteiger partial charge in [-0.3, -0.25) is 5.10 Å². The molecule has 0 aliphatic heterocycles. The van der Waals surface area contributed by atoms with E-state index in [1.54, 1.807) is 6.92 Å². The molecule has 0 aliphatic rings. The van der Waals surface area contributed by atoms with Gasteiger partial charge in [0.05, 0.1) is 6.20 Å². The number of aromatic carboxylic acids is 1. The van der Waals surface area contributed by atoms with Crippen LogP contribution in [0.25, 0.3) is 0 Å². The number of carbonyl (C=O) groups is 1. The van der Waals surface area contributed by atoms with Crippen molar-refractivity contribution in [1.82, 2.24) is 14.9 Å². The Hall–Kier alpha value is -1.45. The van der Waals surface area contributed by atoms with E-state index in [1.165, 1.54) is 0 Å². The number of aromatic nitrogens is 2. The molecule has 1 aromatic heterocycles. The molecule has 8 nitrogen and oxygen atoms in total. The number of aromatic amines is 1. The zero-order chi connectivity index (χ0) is 13.1. The largest absolute Gasteiger partial charge is 0.478 e. The summed E-state index contributed by atoms with van der Waals surface area (Å²) in [4.78, 5) is 10.7. The number of aliphatic hydroxyl groups is 1. The molecule has 0 saturated heterocycles. The van der Waals surface area contributed by atoms with Crippen LogP contribution in [0.1, 0.15) is 23.7 Å². The second-order valence-electron chi connectivity index (χ2n) is 3.45. The van der Waals surface area contributed by atoms with Gasteiger partial charge < -0.3 is 10.2 Å². The van der Waals surface area contributed by atoms with Gasteiger partial charge in [0, 0.05) is 12.6 Å². The molecule has 1 atom stereocenters. The van der Waals surface area contributed by atoms with E-state index >= 15 is 0 Å². The summed E-state index contributed by atoms with van der Waals surface area (Å²) < 4.78 is 25.8. The lowest BCUT2D eigenvalue weighted by Crippen LogP contribution is -2.34. The van der Waals surface area contributed by atoms with E-state index in [9.17, 15) is 13.2 Å². The van der Waals surface area contributed by atoms with E-state index in [2.05, 4.69) is 14.9 Å². The normalized spacial score (nSPS) is 13.5. The predicted molar refractivity (Wildman–Crippen MR) is 57.0 cm³/mol. The van der Waals surface area contributed by atoms with Crippen molar-refractivity contribution in [2.45, 2.75) is 24.4 Å². The molecule has 0 aliphatic carbocycles. The molecule has 4 N–H and O–H groups in total. The molecule has 1 heterocycles. The average Bonchev–Trinajstić information content (AvgIpc) is 2.65. The van der Waals surface area contributed by atoms with Gasteiger partial charge in [0.25, 0.3) is 10.0 Å². The Morgan fingerprint density at radius 1 is 1.65 bits per heavy atom. The Morgan fingerprint density at radius 2 is 2.29 bits per heavy atom. The quantitative estimate of drug-likeness (QED) is 0.529. The van der Waals surface area contributed by atoms with Crippen molar-refractivity contribution in [3.05, 3.63) is 11.8 Å². The van der Waals surface area contributed by atoms with Gasteiger partial charge in [0.15, 0.2) is 5.03 Å². The summed E-state index contributed by atoms with van der Waals surface area (Å²) in [5.41, 5.74) is -0.423. The highest BCUT2D eigenvalue weighted by Crippen LogP contribution is 2.12. The molecule has 0 saturated carbocycles. The van der Waals surface area contributed by atoms with Gasteiger partial charge in [0.2, 0.25) is 0 Å². The fraction of sp³-hybridized carbons (Fsp3) is 0.500. The zero-order valence-corrected chi connectivity index (χ0v) is 9.86. The second-order valence-corrected chi connectivity index (χ2v) is 5.10. The van der Waals surface area contributed by atoms with Crippen molar-refractivity contribution in [2.24, 2.45) is 0 Å². The Balaban J connectivity index is 2.97. The van der Waals surface area contributed by atoms with Crippen LogP contribution in [0.2, 0.25) is 0 Å². The first kappa shape index (κ1) is 13.6. The maximum absolute atomic E-state index is 11.8. The second kappa shape index (κ2) is 5.25. The number of hydrogen-bond donors (Lipinski definition) is 4. The van der Waals surface area contributed by atoms with Gasteiger partial charge in [-0.2, -0.15) is 5.10 Å². The van der Waals surface area contributed by atoms with Crippen LogP contribution in [0.3, 0.4) is 0 Å². The third-order valence-electron chi connectivity index (χ3n) is 2.02. The molecule has 96 valence electrons. The highest BCUT2D eigenvalue weighted by Gasteiger charge is 2.25. The molecular weight excluding hydrogens is 250 g/mol. The highest BCUT2D eigenvalue weighted by atomic mass is 32.2. The summed E-state index contributed by atoms with van der Waals surface area (Å²) in [6.07, 6.45) is 1.16. The van der Waals surface area contributed by atoms with E-state index in [4.69, 9.17) is 10.2 Å². The minimum Gasteiger partial charge on any atom is -0.478 e. The van der Waals surface area contributed by atoms with Gasteiger partial charge in [-0.1, -0.05) is 0 Å². The first-order valence-corrected chi connectivity index (χ1v) is 6.26. The third-order valence-corrected chi connectivity index (χ3v) is 3.58. The highest BCUT2D eigenvalue weighted by molar-refractivity contribution is 7.89. The monoisotopic (exact) mass is 263 g/mol. The fourth-order valence-corrected chi connectivity index (χ4v) is 2.58. The van der Waals surface area contributed by atoms with Gasteiger partial charge in [-0.25, -0.2) is 17.9 Å². The summed E-state index contributed by atoms with van der Waals surface area (Å²) in [7, 11) is -3.97. The Kier molecular flexibility index (Phi) is 4.21. The Bertz CT molecular complexity index is 495. The van der Waals surface area contributed by atoms with Gasteiger partial charge in [-0.05, 0) is 13.3 Å². The van der Waals surface area contributed by atoms with E-state index in [-0.39, 0.29) is 13.0 Å². The molecule has 0 spiro atoms. The molecule has 0 bridgehead atoms. The van der Waals surface area contributed by atoms with Crippen LogP contribution in [0, 0.1) is 0 Å². The van der Waals surface area contributed by atoms with Crippen LogP contribution < -0.4 is 4.72 Å². The van der Waals surface area contributed by atoms with Crippen LogP contribution >= 0.6 is 0 Å². The summed E-state index contributed by atoms with van der Waals surface area (Å²) in [6, 6.07) is -0.505. The molecule has 17 heavy (non-hydrogen) atoms. The van der Waals surface area contributed by atoms with Crippen LogP contribution in [-0.4, -0.2) is 47.4 Å². The number of nitrogens with one attached hydrogen (secondary N) is 2. The molecule has 0 aromatic carbocycles. The van der Waals surface area contributed by atoms with Crippen LogP contribution in [0.4, 0.5) is 0 Å². The zero-order valence-electron chi connectivity index (χ0n) is 9.04. The topological polar surface area (TPSA) is 132 Å². The minimum absolute atomic E-state index is 0.168. The first-order valence-electron chi connectivity index (χ1n) is 4.78. The number of sulfonamides is 1. The van der Waals surface area contributed by atoms with Crippen molar-refractivity contribution < 1.29 is 23.4 Å². The standard InChI is InChI=1S/C8H13N3O5S/c1-5(2-3-12)11-17(15,16)7-6(8(13)14)4-9-10-7/h4-5,11-12H,2-3H2,1H3,(H,9,10)(H,13,14). The van der Waals surface area contributed by atoms with Gasteiger partial charge >= 0.3 is 5.97 Å². The minimum atomic E-state index is -3.97. The Labute approximate surface area is 97.7 Å². The Morgan fingerprint density at radius 3 is 2.82 bits per heavy atom. The summed E-state index contributed by atoms with van der Waals surface area (Å²) >= 11 is 0. The third kappa shape index (κ3) is 3.25. The molecule has 0 radical (unpaired) electrons. The van der Waals surface area contributed by atoms with E-state index in [1.807, 2.05) is 0 Å². The number of rotatable bonds is 6. The molecule has 0 amide bonds. The number of nitrogens with zero attached hydrogens (tertiary/aromatic N) is 1. The van der Waals surface area contributed by atoms with Crippen LogP contribution in [0.15, 0.2) is 11.2 Å². The lowest BCUT2D eigenvalue weighted by Gasteiger charge is -2.11. The average molecular weight is 263 g/mol. The van der Waals surface area contributed by atoms with Crippen molar-refractivity contribution in [3.8, 4) is 0 Å². The van der Waals surface area contributed by atoms with Crippen molar-refractivity contribution in [1.29, 1.82) is 0 Å². The summed E-state index contributed by atoms with van der Waals surface area (Å²) in [5, 5.41) is 22.4. The predicted octanol–water partition coefficient (Wildman–Crippen LogP) is -0.843. The fourth-order valence-electron chi connectivity index (χ4n) is 1.21. The molecule has 1 rings (SSSR count). The van der Waals surface area contributed by atoms with Crippen molar-refractivity contribution >= 4 is 16.0 Å². The molecule has 1 unspecified atom stereocenters. The SMILES string of the molecule is CC(CCO)NS(=O)(=O)c1[nH]ncc1C(=O)O. The molecule has 1 aromatic rings. The van der Waals surface area contributed by atoms with Crippen molar-refractivity contribution in [3.63, 3.8) is 0 Å². The first-order chi connectivity index (χ1) is 7.88. The maximum atomic E-state index is 11.8. The number of carboxylic acids is 1. The lowest BCUT2D eigenvalue weighted by molar-refractivity contribution is 0.0692. The van der Waals surface area contributed by atoms with Crippen molar-refractivity contribution in [2.75, 3.05) is 6.61 Å². The maximum Gasteiger partial charge on any atom is 0.340 e. The van der Waals surface area contributed by atoms with E-state index in [0.29, 0.717) is 0 Å². The van der Waals surface area contributed by atoms with Gasteiger partial charge in [-0.15, -0.1) is 0 Å². The number of aliphatic hydroxyl groups excluding tert-OH is 1. The number of carboxylic acid groups (broad SMARTS) is 1. The van der Waals surface area contributed by atoms with Crippen LogP contribution in [-0.2, 0) is 10.0 Å². The number of H-pyrrole nitrogens is 1. The molecule has 9 heteroatoms. The smallest absolute Gasteiger partial charge is 0.340 e. The molecule has 0 fully saturated rings. The van der Waals surface area contributed by atoms with E-state index < -0.39 is 32.6 Å². The lowest BCUT2D eigenvalue weighted by atomic mass is 10.3. The van der Waals surface area contributed by atoms with E-state index in [0.717, 1.165) is 6.20 Å². The number of hydrogen-bond acceptors (Lipinski definition) is 5. The summed E-state index contributed by atoms with van der Waals surface area (Å²) in [5.74, 6) is -1.38. The summed E-state index contributed by atoms with van der Waals surface area (Å²) in [6.45, 7) is 1.39. The van der Waals surface area contributed by atoms with Gasteiger partial charge in [0.1, 0.15) is 5.56 Å². The van der Waals surface area contributed by atoms with Crippen LogP contribution in [0.5, 0.6) is 0 Å². The molecular formula is C8H13N3O5S.